The SMILES string of the molecule is CC(C)C[C@H](NC(=O)c1ccc(N(C)C)cc1)C(=O)N1CC=C2C1C(=O)CN2C(=O)[C@H](CO)NC(=O)OCc1ccccc1. The van der Waals surface area contributed by atoms with Crippen molar-refractivity contribution in [3.05, 3.63) is 77.5 Å². The second kappa shape index (κ2) is 14.2. The molecule has 234 valence electrons. The van der Waals surface area contributed by atoms with Gasteiger partial charge in [0, 0.05) is 37.6 Å². The van der Waals surface area contributed by atoms with Crippen LogP contribution in [0.5, 0.6) is 0 Å². The Kier molecular flexibility index (Phi) is 10.4. The second-order valence-electron chi connectivity index (χ2n) is 11.5. The summed E-state index contributed by atoms with van der Waals surface area (Å²) < 4.78 is 5.16. The number of Topliss-reactive ketones (excluding diaryl/α,β-unsaturated/α-hetero) is 1. The minimum Gasteiger partial charge on any atom is -0.445 e. The Morgan fingerprint density at radius 1 is 0.977 bits per heavy atom. The fraction of sp³-hybridized carbons (Fsp3) is 0.406. The number of hydrogen-bond acceptors (Lipinski definition) is 8. The van der Waals surface area contributed by atoms with E-state index in [1.807, 2.05) is 51.0 Å². The predicted octanol–water partition coefficient (Wildman–Crippen LogP) is 1.69. The van der Waals surface area contributed by atoms with E-state index >= 15 is 0 Å². The van der Waals surface area contributed by atoms with E-state index in [9.17, 15) is 29.1 Å². The van der Waals surface area contributed by atoms with Gasteiger partial charge in [0.1, 0.15) is 24.7 Å². The number of likely N-dealkylation sites (tertiary alicyclic amines) is 1. The van der Waals surface area contributed by atoms with E-state index in [1.165, 1.54) is 9.80 Å². The van der Waals surface area contributed by atoms with Crippen LogP contribution >= 0.6 is 0 Å². The maximum atomic E-state index is 13.8. The molecule has 3 atom stereocenters. The summed E-state index contributed by atoms with van der Waals surface area (Å²) >= 11 is 0. The number of alkyl carbamates (subject to hydrolysis) is 1. The van der Waals surface area contributed by atoms with Crippen molar-refractivity contribution >= 4 is 35.3 Å². The van der Waals surface area contributed by atoms with Crippen LogP contribution in [0.2, 0.25) is 0 Å². The van der Waals surface area contributed by atoms with Gasteiger partial charge in [-0.25, -0.2) is 4.79 Å². The van der Waals surface area contributed by atoms with E-state index in [0.29, 0.717) is 17.7 Å². The number of nitrogens with zero attached hydrogens (tertiary/aromatic N) is 3. The number of carbonyl (C=O) groups is 5. The lowest BCUT2D eigenvalue weighted by molar-refractivity contribution is -0.137. The van der Waals surface area contributed by atoms with Gasteiger partial charge in [-0.15, -0.1) is 0 Å². The first-order valence-electron chi connectivity index (χ1n) is 14.5. The second-order valence-corrected chi connectivity index (χ2v) is 11.5. The summed E-state index contributed by atoms with van der Waals surface area (Å²) in [5.41, 5.74) is 2.38. The van der Waals surface area contributed by atoms with E-state index in [2.05, 4.69) is 10.6 Å². The van der Waals surface area contributed by atoms with Gasteiger partial charge in [-0.05, 0) is 48.2 Å². The summed E-state index contributed by atoms with van der Waals surface area (Å²) in [6, 6.07) is 12.7. The van der Waals surface area contributed by atoms with E-state index in [-0.39, 0.29) is 31.4 Å². The third-order valence-corrected chi connectivity index (χ3v) is 7.51. The van der Waals surface area contributed by atoms with Crippen LogP contribution in [-0.4, -0.2) is 96.4 Å². The predicted molar refractivity (Wildman–Crippen MR) is 162 cm³/mol. The van der Waals surface area contributed by atoms with Crippen molar-refractivity contribution in [1.82, 2.24) is 20.4 Å². The van der Waals surface area contributed by atoms with Gasteiger partial charge in [0.2, 0.25) is 5.91 Å². The zero-order valence-electron chi connectivity index (χ0n) is 25.4. The normalized spacial score (nSPS) is 17.1. The molecule has 0 aliphatic carbocycles. The molecule has 2 aromatic carbocycles. The molecule has 0 radical (unpaired) electrons. The summed E-state index contributed by atoms with van der Waals surface area (Å²) in [6.07, 6.45) is 1.06. The van der Waals surface area contributed by atoms with Crippen LogP contribution in [-0.2, 0) is 25.7 Å². The van der Waals surface area contributed by atoms with Gasteiger partial charge < -0.3 is 35.2 Å². The van der Waals surface area contributed by atoms with Crippen LogP contribution in [0.15, 0.2) is 66.4 Å². The Morgan fingerprint density at radius 2 is 1.66 bits per heavy atom. The molecule has 44 heavy (non-hydrogen) atoms. The molecule has 2 aliphatic rings. The standard InChI is InChI=1S/C32H39N5O7/c1-20(2)16-24(33-29(40)22-10-12-23(13-11-22)35(3)4)30(41)36-15-14-26-28(36)27(39)17-37(26)31(42)25(18-38)34-32(43)44-19-21-8-6-5-7-9-21/h5-14,20,24-25,28,38H,15-19H2,1-4H3,(H,33,40)(H,34,43)/t24-,25-,28?/m0/s1. The van der Waals surface area contributed by atoms with E-state index in [1.54, 1.807) is 42.5 Å². The Labute approximate surface area is 256 Å². The zero-order valence-corrected chi connectivity index (χ0v) is 25.4. The molecule has 4 amide bonds. The van der Waals surface area contributed by atoms with Gasteiger partial charge in [-0.1, -0.05) is 44.2 Å². The highest BCUT2D eigenvalue weighted by molar-refractivity contribution is 6.03. The molecule has 0 saturated carbocycles. The minimum atomic E-state index is -1.36. The molecule has 1 fully saturated rings. The number of aliphatic hydroxyl groups is 1. The number of carbonyl (C=O) groups excluding carboxylic acids is 5. The molecule has 0 spiro atoms. The summed E-state index contributed by atoms with van der Waals surface area (Å²) in [5, 5.41) is 15.1. The fourth-order valence-corrected chi connectivity index (χ4v) is 5.25. The molecule has 0 bridgehead atoms. The van der Waals surface area contributed by atoms with Crippen LogP contribution in [0.1, 0.15) is 36.2 Å². The Hall–Kier alpha value is -4.71. The number of hydrogen-bond donors (Lipinski definition) is 3. The molecule has 2 aliphatic heterocycles. The average molecular weight is 606 g/mol. The van der Waals surface area contributed by atoms with E-state index < -0.39 is 48.5 Å². The fourth-order valence-electron chi connectivity index (χ4n) is 5.25. The largest absolute Gasteiger partial charge is 0.445 e. The van der Waals surface area contributed by atoms with Crippen molar-refractivity contribution in [3.8, 4) is 0 Å². The van der Waals surface area contributed by atoms with Gasteiger partial charge >= 0.3 is 6.09 Å². The molecule has 12 nitrogen and oxygen atoms in total. The number of ketones is 1. The number of anilines is 1. The topological polar surface area (TPSA) is 149 Å². The van der Waals surface area contributed by atoms with Crippen molar-refractivity contribution in [2.24, 2.45) is 5.92 Å². The van der Waals surface area contributed by atoms with Crippen molar-refractivity contribution in [2.75, 3.05) is 38.7 Å². The number of fused-ring (bicyclic) bond motifs is 1. The molecule has 12 heteroatoms. The zero-order chi connectivity index (χ0) is 32.0. The number of amides is 4. The highest BCUT2D eigenvalue weighted by Gasteiger charge is 2.49. The quantitative estimate of drug-likeness (QED) is 0.351. The maximum Gasteiger partial charge on any atom is 0.408 e. The molecular formula is C32H39N5O7. The van der Waals surface area contributed by atoms with Gasteiger partial charge in [0.25, 0.3) is 11.8 Å². The summed E-state index contributed by atoms with van der Waals surface area (Å²) in [7, 11) is 3.79. The Balaban J connectivity index is 1.41. The van der Waals surface area contributed by atoms with E-state index in [4.69, 9.17) is 4.74 Å². The molecule has 2 heterocycles. The van der Waals surface area contributed by atoms with Crippen molar-refractivity contribution in [2.45, 2.75) is 45.0 Å². The first-order chi connectivity index (χ1) is 21.0. The Bertz CT molecular complexity index is 1410. The van der Waals surface area contributed by atoms with Crippen molar-refractivity contribution < 1.29 is 33.8 Å². The van der Waals surface area contributed by atoms with Gasteiger partial charge in [-0.3, -0.25) is 19.2 Å². The van der Waals surface area contributed by atoms with Gasteiger partial charge in [0.05, 0.1) is 13.2 Å². The third-order valence-electron chi connectivity index (χ3n) is 7.51. The number of benzene rings is 2. The lowest BCUT2D eigenvalue weighted by atomic mass is 10.0. The number of rotatable bonds is 11. The monoisotopic (exact) mass is 605 g/mol. The number of aliphatic hydroxyl groups excluding tert-OH is 1. The van der Waals surface area contributed by atoms with Crippen LogP contribution in [0.4, 0.5) is 10.5 Å². The van der Waals surface area contributed by atoms with Crippen LogP contribution in [0.25, 0.3) is 0 Å². The first kappa shape index (κ1) is 32.2. The average Bonchev–Trinajstić information content (AvgIpc) is 3.59. The summed E-state index contributed by atoms with van der Waals surface area (Å²) in [4.78, 5) is 70.2. The molecule has 0 aromatic heterocycles. The Morgan fingerprint density at radius 3 is 2.27 bits per heavy atom. The minimum absolute atomic E-state index is 0.0268. The molecule has 4 rings (SSSR count). The number of nitrogens with one attached hydrogen (secondary N) is 2. The lowest BCUT2D eigenvalue weighted by Gasteiger charge is -2.29. The lowest BCUT2D eigenvalue weighted by Crippen LogP contribution is -2.52. The third kappa shape index (κ3) is 7.43. The summed E-state index contributed by atoms with van der Waals surface area (Å²) in [5.74, 6) is -1.86. The van der Waals surface area contributed by atoms with Crippen molar-refractivity contribution in [1.29, 1.82) is 0 Å². The first-order valence-corrected chi connectivity index (χ1v) is 14.5. The van der Waals surface area contributed by atoms with Crippen LogP contribution < -0.4 is 15.5 Å². The highest BCUT2D eigenvalue weighted by atomic mass is 16.5. The maximum absolute atomic E-state index is 13.8. The highest BCUT2D eigenvalue weighted by Crippen LogP contribution is 2.31. The van der Waals surface area contributed by atoms with Crippen molar-refractivity contribution in [3.63, 3.8) is 0 Å². The van der Waals surface area contributed by atoms with E-state index in [0.717, 1.165) is 11.3 Å². The number of ether oxygens (including phenoxy) is 1. The molecular weight excluding hydrogens is 566 g/mol. The molecule has 3 N–H and O–H groups in total. The summed E-state index contributed by atoms with van der Waals surface area (Å²) in [6.45, 7) is 2.85. The molecule has 2 aromatic rings. The smallest absolute Gasteiger partial charge is 0.408 e. The molecule has 1 unspecified atom stereocenters. The van der Waals surface area contributed by atoms with Gasteiger partial charge in [-0.2, -0.15) is 0 Å². The van der Waals surface area contributed by atoms with Crippen LogP contribution in [0, 0.1) is 5.92 Å². The van der Waals surface area contributed by atoms with Crippen LogP contribution in [0.3, 0.4) is 0 Å². The molecule has 1 saturated heterocycles. The van der Waals surface area contributed by atoms with Gasteiger partial charge in [0.15, 0.2) is 5.78 Å².